The summed E-state index contributed by atoms with van der Waals surface area (Å²) in [4.78, 5) is 8.39. The zero-order chi connectivity index (χ0) is 14.5. The fourth-order valence-electron chi connectivity index (χ4n) is 1.82. The van der Waals surface area contributed by atoms with E-state index in [1.54, 1.807) is 7.05 Å². The summed E-state index contributed by atoms with van der Waals surface area (Å²) in [6, 6.07) is 2.04. The lowest BCUT2D eigenvalue weighted by atomic mass is 10.3. The number of aryl methyl sites for hydroxylation is 2. The molecule has 0 aliphatic heterocycles. The second-order valence-electron chi connectivity index (χ2n) is 4.33. The van der Waals surface area contributed by atoms with Crippen LogP contribution in [0.1, 0.15) is 24.6 Å². The largest absolute Gasteiger partial charge is 0.372 e. The van der Waals surface area contributed by atoms with Crippen LogP contribution in [0.25, 0.3) is 0 Å². The van der Waals surface area contributed by atoms with Gasteiger partial charge in [-0.2, -0.15) is 15.3 Å². The van der Waals surface area contributed by atoms with Crippen LogP contribution in [0, 0.1) is 18.3 Å². The molecule has 0 unspecified atom stereocenters. The summed E-state index contributed by atoms with van der Waals surface area (Å²) < 4.78 is 1.89. The molecule has 2 aromatic rings. The predicted molar refractivity (Wildman–Crippen MR) is 76.8 cm³/mol. The first-order chi connectivity index (χ1) is 9.67. The SMILES string of the molecule is CCCn1cc(Nc2ncc(C#N)c(NC)n2)c(C)n1. The van der Waals surface area contributed by atoms with Crippen LogP contribution in [0.3, 0.4) is 0 Å². The van der Waals surface area contributed by atoms with E-state index in [2.05, 4.69) is 32.6 Å². The van der Waals surface area contributed by atoms with Gasteiger partial charge in [0.25, 0.3) is 0 Å². The maximum Gasteiger partial charge on any atom is 0.229 e. The molecule has 0 fully saturated rings. The molecule has 0 radical (unpaired) electrons. The Kier molecular flexibility index (Phi) is 4.15. The summed E-state index contributed by atoms with van der Waals surface area (Å²) in [6.45, 7) is 4.91. The molecular formula is C13H17N7. The van der Waals surface area contributed by atoms with Crippen molar-refractivity contribution in [3.8, 4) is 6.07 Å². The van der Waals surface area contributed by atoms with E-state index in [1.165, 1.54) is 6.20 Å². The second kappa shape index (κ2) is 6.02. The second-order valence-corrected chi connectivity index (χ2v) is 4.33. The molecule has 0 aliphatic carbocycles. The highest BCUT2D eigenvalue weighted by Crippen LogP contribution is 2.19. The van der Waals surface area contributed by atoms with E-state index in [4.69, 9.17) is 5.26 Å². The van der Waals surface area contributed by atoms with E-state index in [9.17, 15) is 0 Å². The first-order valence-electron chi connectivity index (χ1n) is 6.44. The lowest BCUT2D eigenvalue weighted by Crippen LogP contribution is -2.03. The van der Waals surface area contributed by atoms with Gasteiger partial charge in [-0.3, -0.25) is 4.68 Å². The number of nitriles is 1. The number of anilines is 3. The Bertz CT molecular complexity index is 639. The van der Waals surface area contributed by atoms with Gasteiger partial charge in [0.05, 0.1) is 17.6 Å². The van der Waals surface area contributed by atoms with Crippen molar-refractivity contribution in [1.29, 1.82) is 5.26 Å². The van der Waals surface area contributed by atoms with Crippen molar-refractivity contribution in [2.24, 2.45) is 0 Å². The van der Waals surface area contributed by atoms with E-state index in [-0.39, 0.29) is 0 Å². The fraction of sp³-hybridized carbons (Fsp3) is 0.385. The zero-order valence-electron chi connectivity index (χ0n) is 11.8. The number of rotatable bonds is 5. The molecule has 2 rings (SSSR count). The first-order valence-corrected chi connectivity index (χ1v) is 6.44. The number of aromatic nitrogens is 4. The van der Waals surface area contributed by atoms with Crippen LogP contribution in [0.4, 0.5) is 17.5 Å². The van der Waals surface area contributed by atoms with E-state index in [0.29, 0.717) is 17.3 Å². The third kappa shape index (κ3) is 2.85. The maximum absolute atomic E-state index is 8.93. The lowest BCUT2D eigenvalue weighted by Gasteiger charge is -2.06. The average Bonchev–Trinajstić information content (AvgIpc) is 2.79. The molecule has 104 valence electrons. The molecular weight excluding hydrogens is 254 g/mol. The minimum Gasteiger partial charge on any atom is -0.372 e. The summed E-state index contributed by atoms with van der Waals surface area (Å²) in [6.07, 6.45) is 4.45. The zero-order valence-corrected chi connectivity index (χ0v) is 11.8. The van der Waals surface area contributed by atoms with E-state index < -0.39 is 0 Å². The van der Waals surface area contributed by atoms with Gasteiger partial charge in [0.1, 0.15) is 17.5 Å². The van der Waals surface area contributed by atoms with Crippen molar-refractivity contribution in [1.82, 2.24) is 19.7 Å². The quantitative estimate of drug-likeness (QED) is 0.864. The summed E-state index contributed by atoms with van der Waals surface area (Å²) >= 11 is 0. The highest BCUT2D eigenvalue weighted by atomic mass is 15.3. The molecule has 0 saturated heterocycles. The Hall–Kier alpha value is -2.62. The van der Waals surface area contributed by atoms with Gasteiger partial charge in [0.2, 0.25) is 5.95 Å². The summed E-state index contributed by atoms with van der Waals surface area (Å²) in [5, 5.41) is 19.3. The van der Waals surface area contributed by atoms with Gasteiger partial charge in [-0.25, -0.2) is 4.98 Å². The van der Waals surface area contributed by atoms with Crippen LogP contribution in [-0.2, 0) is 6.54 Å². The summed E-state index contributed by atoms with van der Waals surface area (Å²) in [5.74, 6) is 0.941. The number of nitrogens with one attached hydrogen (secondary N) is 2. The van der Waals surface area contributed by atoms with Crippen LogP contribution < -0.4 is 10.6 Å². The molecule has 0 aromatic carbocycles. The standard InChI is InChI=1S/C13H17N7/c1-4-5-20-8-11(9(2)19-20)17-13-16-7-10(6-14)12(15-3)18-13/h7-8H,4-5H2,1-3H3,(H2,15,16,17,18). The van der Waals surface area contributed by atoms with Crippen LogP contribution in [0.2, 0.25) is 0 Å². The molecule has 2 heterocycles. The lowest BCUT2D eigenvalue weighted by molar-refractivity contribution is 0.598. The number of hydrogen-bond acceptors (Lipinski definition) is 6. The molecule has 7 nitrogen and oxygen atoms in total. The first kappa shape index (κ1) is 13.8. The van der Waals surface area contributed by atoms with Crippen LogP contribution >= 0.6 is 0 Å². The molecule has 0 amide bonds. The molecule has 20 heavy (non-hydrogen) atoms. The van der Waals surface area contributed by atoms with Crippen LogP contribution in [0.5, 0.6) is 0 Å². The van der Waals surface area contributed by atoms with E-state index in [0.717, 1.165) is 24.3 Å². The minimum atomic E-state index is 0.413. The molecule has 0 spiro atoms. The van der Waals surface area contributed by atoms with Crippen molar-refractivity contribution in [2.75, 3.05) is 17.7 Å². The number of nitrogens with zero attached hydrogens (tertiary/aromatic N) is 5. The van der Waals surface area contributed by atoms with E-state index in [1.807, 2.05) is 23.9 Å². The monoisotopic (exact) mass is 271 g/mol. The normalized spacial score (nSPS) is 10.1. The minimum absolute atomic E-state index is 0.413. The van der Waals surface area contributed by atoms with Crippen LogP contribution in [0.15, 0.2) is 12.4 Å². The molecule has 0 aliphatic rings. The maximum atomic E-state index is 8.93. The van der Waals surface area contributed by atoms with Gasteiger partial charge in [0.15, 0.2) is 0 Å². The summed E-state index contributed by atoms with van der Waals surface area (Å²) in [5.41, 5.74) is 2.17. The van der Waals surface area contributed by atoms with Gasteiger partial charge in [-0.1, -0.05) is 6.92 Å². The topological polar surface area (TPSA) is 91.5 Å². The molecule has 0 bridgehead atoms. The fourth-order valence-corrected chi connectivity index (χ4v) is 1.82. The van der Waals surface area contributed by atoms with Crippen LogP contribution in [-0.4, -0.2) is 26.8 Å². The molecule has 2 aromatic heterocycles. The smallest absolute Gasteiger partial charge is 0.229 e. The summed E-state index contributed by atoms with van der Waals surface area (Å²) in [7, 11) is 1.72. The van der Waals surface area contributed by atoms with Crippen molar-refractivity contribution in [3.63, 3.8) is 0 Å². The van der Waals surface area contributed by atoms with Gasteiger partial charge in [0, 0.05) is 19.8 Å². The van der Waals surface area contributed by atoms with Gasteiger partial charge >= 0.3 is 0 Å². The third-order valence-electron chi connectivity index (χ3n) is 2.79. The van der Waals surface area contributed by atoms with Gasteiger partial charge in [-0.05, 0) is 13.3 Å². The Balaban J connectivity index is 2.24. The highest BCUT2D eigenvalue weighted by molar-refractivity contribution is 5.59. The van der Waals surface area contributed by atoms with Crippen molar-refractivity contribution in [3.05, 3.63) is 23.7 Å². The van der Waals surface area contributed by atoms with Crippen molar-refractivity contribution in [2.45, 2.75) is 26.8 Å². The van der Waals surface area contributed by atoms with Crippen molar-refractivity contribution >= 4 is 17.5 Å². The highest BCUT2D eigenvalue weighted by Gasteiger charge is 2.09. The Morgan fingerprint density at radius 2 is 2.25 bits per heavy atom. The predicted octanol–water partition coefficient (Wildman–Crippen LogP) is 2.05. The Morgan fingerprint density at radius 1 is 1.45 bits per heavy atom. The Morgan fingerprint density at radius 3 is 2.90 bits per heavy atom. The molecule has 2 N–H and O–H groups in total. The molecule has 7 heteroatoms. The average molecular weight is 271 g/mol. The van der Waals surface area contributed by atoms with Gasteiger partial charge < -0.3 is 10.6 Å². The third-order valence-corrected chi connectivity index (χ3v) is 2.79. The molecule has 0 atom stereocenters. The van der Waals surface area contributed by atoms with E-state index >= 15 is 0 Å². The Labute approximate surface area is 117 Å². The van der Waals surface area contributed by atoms with Gasteiger partial charge in [-0.15, -0.1) is 0 Å². The number of hydrogen-bond donors (Lipinski definition) is 2. The van der Waals surface area contributed by atoms with Crippen molar-refractivity contribution < 1.29 is 0 Å². The molecule has 0 saturated carbocycles.